The summed E-state index contributed by atoms with van der Waals surface area (Å²) in [7, 11) is 1.49. The number of benzene rings is 3. The van der Waals surface area contributed by atoms with E-state index in [1.165, 1.54) is 7.11 Å². The fraction of sp³-hybridized carbons (Fsp3) is 0.292. The first-order chi connectivity index (χ1) is 16.3. The molecule has 0 spiro atoms. The van der Waals surface area contributed by atoms with E-state index in [-0.39, 0.29) is 11.3 Å². The number of halogens is 1. The number of rotatable bonds is 6. The summed E-state index contributed by atoms with van der Waals surface area (Å²) in [5.41, 5.74) is 0.580. The molecule has 5 atom stereocenters. The third kappa shape index (κ3) is 4.88. The van der Waals surface area contributed by atoms with Gasteiger partial charge in [0.2, 0.25) is 6.29 Å². The summed E-state index contributed by atoms with van der Waals surface area (Å²) in [5.74, 6) is 0.0355. The summed E-state index contributed by atoms with van der Waals surface area (Å²) in [6.45, 7) is -0.600. The zero-order valence-corrected chi connectivity index (χ0v) is 19.7. The third-order valence-electron chi connectivity index (χ3n) is 5.59. The van der Waals surface area contributed by atoms with Crippen LogP contribution in [0.15, 0.2) is 59.1 Å². The van der Waals surface area contributed by atoms with Crippen LogP contribution in [0.2, 0.25) is 0 Å². The molecule has 1 saturated heterocycles. The van der Waals surface area contributed by atoms with Gasteiger partial charge in [-0.2, -0.15) is 0 Å². The van der Waals surface area contributed by atoms with Crippen LogP contribution in [-0.2, 0) is 4.74 Å². The number of carbonyl (C=O) groups excluding carboxylic acids is 1. The zero-order valence-electron chi connectivity index (χ0n) is 18.1. The normalized spacial score (nSPS) is 24.6. The molecule has 3 aromatic rings. The molecular weight excluding hydrogens is 510 g/mol. The van der Waals surface area contributed by atoms with Gasteiger partial charge in [0.05, 0.1) is 25.0 Å². The number of carbonyl (C=O) groups is 1. The molecule has 1 fully saturated rings. The molecule has 4 rings (SSSR count). The molecule has 180 valence electrons. The number of methoxy groups -OCH3 is 1. The average Bonchev–Trinajstić information content (AvgIpc) is 2.84. The summed E-state index contributed by atoms with van der Waals surface area (Å²) in [4.78, 5) is 13.3. The van der Waals surface area contributed by atoms with Crippen molar-refractivity contribution in [3.8, 4) is 11.5 Å². The zero-order chi connectivity index (χ0) is 24.4. The van der Waals surface area contributed by atoms with Crippen LogP contribution < -0.4 is 14.8 Å². The van der Waals surface area contributed by atoms with Crippen LogP contribution in [0.25, 0.3) is 10.8 Å². The SMILES string of the molecule is COc1ccccc1NC(=O)c1cc2cc(Br)ccc2cc1O[C@H]1O[C@@H](CO)[C@@H](O)[C@@H](O)[C@@H]1O. The van der Waals surface area contributed by atoms with E-state index < -0.39 is 43.2 Å². The Morgan fingerprint density at radius 1 is 1.00 bits per heavy atom. The molecule has 1 amide bonds. The van der Waals surface area contributed by atoms with Crippen molar-refractivity contribution in [2.45, 2.75) is 30.7 Å². The Morgan fingerprint density at radius 3 is 2.50 bits per heavy atom. The molecule has 5 N–H and O–H groups in total. The number of nitrogens with one attached hydrogen (secondary N) is 1. The summed E-state index contributed by atoms with van der Waals surface area (Å²) in [5, 5.41) is 44.3. The van der Waals surface area contributed by atoms with E-state index in [1.807, 2.05) is 18.2 Å². The van der Waals surface area contributed by atoms with E-state index in [4.69, 9.17) is 14.2 Å². The molecule has 1 aliphatic heterocycles. The van der Waals surface area contributed by atoms with Gasteiger partial charge in [-0.3, -0.25) is 4.79 Å². The maximum absolute atomic E-state index is 13.3. The van der Waals surface area contributed by atoms with Crippen molar-refractivity contribution in [2.75, 3.05) is 19.0 Å². The van der Waals surface area contributed by atoms with Crippen molar-refractivity contribution >= 4 is 38.3 Å². The number of hydrogen-bond acceptors (Lipinski definition) is 8. The predicted octanol–water partition coefficient (Wildman–Crippen LogP) is 2.04. The summed E-state index contributed by atoms with van der Waals surface area (Å²) >= 11 is 3.42. The Balaban J connectivity index is 1.72. The lowest BCUT2D eigenvalue weighted by Gasteiger charge is -2.39. The fourth-order valence-electron chi connectivity index (χ4n) is 3.75. The highest BCUT2D eigenvalue weighted by Crippen LogP contribution is 2.33. The number of hydrogen-bond donors (Lipinski definition) is 5. The van der Waals surface area contributed by atoms with Gasteiger partial charge >= 0.3 is 0 Å². The van der Waals surface area contributed by atoms with Crippen LogP contribution in [0.3, 0.4) is 0 Å². The lowest BCUT2D eigenvalue weighted by atomic mass is 9.99. The molecule has 3 aromatic carbocycles. The average molecular weight is 534 g/mol. The Bertz CT molecular complexity index is 1190. The van der Waals surface area contributed by atoms with Gasteiger partial charge < -0.3 is 40.0 Å². The number of amides is 1. The summed E-state index contributed by atoms with van der Waals surface area (Å²) in [6.07, 6.45) is -7.35. The first kappa shape index (κ1) is 24.4. The summed E-state index contributed by atoms with van der Waals surface area (Å²) in [6, 6.07) is 15.6. The van der Waals surface area contributed by atoms with Gasteiger partial charge in [-0.1, -0.05) is 34.1 Å². The van der Waals surface area contributed by atoms with Crippen LogP contribution in [0.5, 0.6) is 11.5 Å². The van der Waals surface area contributed by atoms with Gasteiger partial charge in [-0.15, -0.1) is 0 Å². The highest BCUT2D eigenvalue weighted by Gasteiger charge is 2.45. The lowest BCUT2D eigenvalue weighted by molar-refractivity contribution is -0.277. The predicted molar refractivity (Wildman–Crippen MR) is 127 cm³/mol. The minimum Gasteiger partial charge on any atom is -0.495 e. The molecule has 0 aromatic heterocycles. The fourth-order valence-corrected chi connectivity index (χ4v) is 4.13. The van der Waals surface area contributed by atoms with Gasteiger partial charge in [-0.25, -0.2) is 0 Å². The van der Waals surface area contributed by atoms with E-state index >= 15 is 0 Å². The Kier molecular flexibility index (Phi) is 7.36. The molecule has 0 aliphatic carbocycles. The smallest absolute Gasteiger partial charge is 0.259 e. The second-order valence-electron chi connectivity index (χ2n) is 7.81. The Labute approximate surface area is 203 Å². The Morgan fingerprint density at radius 2 is 1.76 bits per heavy atom. The van der Waals surface area contributed by atoms with Crippen LogP contribution in [0, 0.1) is 0 Å². The molecule has 1 aliphatic rings. The van der Waals surface area contributed by atoms with Crippen LogP contribution >= 0.6 is 15.9 Å². The quantitative estimate of drug-likeness (QED) is 0.324. The molecule has 0 saturated carbocycles. The van der Waals surface area contributed by atoms with Gasteiger partial charge in [-0.05, 0) is 47.2 Å². The molecule has 1 heterocycles. The van der Waals surface area contributed by atoms with E-state index in [1.54, 1.807) is 36.4 Å². The van der Waals surface area contributed by atoms with Crippen molar-refractivity contribution in [2.24, 2.45) is 0 Å². The van der Waals surface area contributed by atoms with Crippen molar-refractivity contribution in [1.82, 2.24) is 0 Å². The van der Waals surface area contributed by atoms with Gasteiger partial charge in [0.1, 0.15) is 35.9 Å². The largest absolute Gasteiger partial charge is 0.495 e. The van der Waals surface area contributed by atoms with Gasteiger partial charge in [0, 0.05) is 4.47 Å². The molecule has 9 nitrogen and oxygen atoms in total. The molecule has 0 bridgehead atoms. The minimum atomic E-state index is -1.62. The van der Waals surface area contributed by atoms with Crippen LogP contribution in [-0.4, -0.2) is 70.8 Å². The maximum Gasteiger partial charge on any atom is 0.259 e. The lowest BCUT2D eigenvalue weighted by Crippen LogP contribution is -2.60. The highest BCUT2D eigenvalue weighted by atomic mass is 79.9. The topological polar surface area (TPSA) is 138 Å². The molecule has 0 radical (unpaired) electrons. The van der Waals surface area contributed by atoms with Crippen molar-refractivity contribution in [1.29, 1.82) is 0 Å². The van der Waals surface area contributed by atoms with E-state index in [0.717, 1.165) is 15.2 Å². The molecule has 10 heteroatoms. The summed E-state index contributed by atoms with van der Waals surface area (Å²) < 4.78 is 17.4. The second kappa shape index (κ2) is 10.3. The number of para-hydroxylation sites is 2. The van der Waals surface area contributed by atoms with Crippen molar-refractivity contribution in [3.63, 3.8) is 0 Å². The molecule has 34 heavy (non-hydrogen) atoms. The second-order valence-corrected chi connectivity index (χ2v) is 8.73. The number of fused-ring (bicyclic) bond motifs is 1. The van der Waals surface area contributed by atoms with Gasteiger partial charge in [0.15, 0.2) is 0 Å². The monoisotopic (exact) mass is 533 g/mol. The van der Waals surface area contributed by atoms with E-state index in [2.05, 4.69) is 21.2 Å². The number of anilines is 1. The standard InChI is InChI=1S/C24H24BrNO8/c1-32-17-5-3-2-4-16(17)26-23(31)15-9-13-8-14(25)7-6-12(13)10-18(15)33-24-22(30)21(29)20(28)19(11-27)34-24/h2-10,19-22,24,27-30H,11H2,1H3,(H,26,31)/t19-,20+,21+,22-,24-/m0/s1. The highest BCUT2D eigenvalue weighted by molar-refractivity contribution is 9.10. The maximum atomic E-state index is 13.3. The number of aliphatic hydroxyl groups is 4. The first-order valence-electron chi connectivity index (χ1n) is 10.5. The minimum absolute atomic E-state index is 0.0755. The van der Waals surface area contributed by atoms with Crippen molar-refractivity contribution in [3.05, 3.63) is 64.6 Å². The van der Waals surface area contributed by atoms with E-state index in [0.29, 0.717) is 11.4 Å². The first-order valence-corrected chi connectivity index (χ1v) is 11.3. The molecular formula is C24H24BrNO8. The molecule has 0 unspecified atom stereocenters. The Hall–Kier alpha value is -2.73. The van der Waals surface area contributed by atoms with Crippen LogP contribution in [0.1, 0.15) is 10.4 Å². The van der Waals surface area contributed by atoms with Crippen molar-refractivity contribution < 1.29 is 39.4 Å². The van der Waals surface area contributed by atoms with Gasteiger partial charge in [0.25, 0.3) is 5.91 Å². The van der Waals surface area contributed by atoms with Crippen LogP contribution in [0.4, 0.5) is 5.69 Å². The number of aliphatic hydroxyl groups excluding tert-OH is 4. The van der Waals surface area contributed by atoms with E-state index in [9.17, 15) is 25.2 Å². The third-order valence-corrected chi connectivity index (χ3v) is 6.09. The number of ether oxygens (including phenoxy) is 3.